The topological polar surface area (TPSA) is 52.6 Å². The third-order valence-electron chi connectivity index (χ3n) is 3.67. The number of esters is 1. The molecule has 1 heterocycles. The molecule has 0 bridgehead atoms. The Kier molecular flexibility index (Phi) is 7.52. The van der Waals surface area contributed by atoms with Gasteiger partial charge in [-0.15, -0.1) is 0 Å². The summed E-state index contributed by atoms with van der Waals surface area (Å²) in [4.78, 5) is 21.0. The predicted molar refractivity (Wildman–Crippen MR) is 77.4 cm³/mol. The third-order valence-corrected chi connectivity index (χ3v) is 3.67. The van der Waals surface area contributed by atoms with E-state index in [0.717, 1.165) is 32.0 Å². The number of rotatable bonds is 8. The van der Waals surface area contributed by atoms with Crippen LogP contribution in [0.25, 0.3) is 0 Å². The van der Waals surface area contributed by atoms with Gasteiger partial charge in [-0.1, -0.05) is 13.0 Å². The highest BCUT2D eigenvalue weighted by atomic mass is 16.5. The Balaban J connectivity index is 2.32. The first-order valence-electron chi connectivity index (χ1n) is 7.43. The van der Waals surface area contributed by atoms with Gasteiger partial charge >= 0.3 is 5.97 Å². The van der Waals surface area contributed by atoms with E-state index in [-0.39, 0.29) is 18.2 Å². The zero-order chi connectivity index (χ0) is 15.0. The average molecular weight is 282 g/mol. The highest BCUT2D eigenvalue weighted by Crippen LogP contribution is 2.32. The van der Waals surface area contributed by atoms with Crippen LogP contribution in [0.15, 0.2) is 11.6 Å². The number of hydrogen-bond donors (Lipinski definition) is 0. The number of allylic oxidation sites excluding steroid dienone is 1. The summed E-state index contributed by atoms with van der Waals surface area (Å²) in [6.07, 6.45) is 7.67. The molecule has 4 heteroatoms. The molecule has 0 N–H and O–H groups in total. The SMILES string of the molecule is CC(=O)OCCC/C=C(\C)[C@@H]1O[C@H](CCC=O)C[C@H]1C. The molecule has 1 aliphatic heterocycles. The van der Waals surface area contributed by atoms with Crippen LogP contribution < -0.4 is 0 Å². The van der Waals surface area contributed by atoms with Gasteiger partial charge in [-0.05, 0) is 44.1 Å². The first-order valence-corrected chi connectivity index (χ1v) is 7.43. The lowest BCUT2D eigenvalue weighted by atomic mass is 9.95. The Labute approximate surface area is 121 Å². The molecule has 0 aromatic rings. The van der Waals surface area contributed by atoms with Crippen molar-refractivity contribution in [3.05, 3.63) is 11.6 Å². The molecule has 0 radical (unpaired) electrons. The lowest BCUT2D eigenvalue weighted by molar-refractivity contribution is -0.141. The van der Waals surface area contributed by atoms with Crippen molar-refractivity contribution in [1.82, 2.24) is 0 Å². The van der Waals surface area contributed by atoms with Crippen molar-refractivity contribution < 1.29 is 19.1 Å². The molecule has 0 aliphatic carbocycles. The second kappa shape index (κ2) is 8.90. The lowest BCUT2D eigenvalue weighted by Gasteiger charge is -2.16. The minimum absolute atomic E-state index is 0.167. The van der Waals surface area contributed by atoms with Gasteiger partial charge in [0.1, 0.15) is 6.29 Å². The Morgan fingerprint density at radius 2 is 2.10 bits per heavy atom. The largest absolute Gasteiger partial charge is 0.466 e. The molecule has 1 rings (SSSR count). The molecular formula is C16H26O4. The Hall–Kier alpha value is -1.16. The maximum Gasteiger partial charge on any atom is 0.302 e. The molecular weight excluding hydrogens is 256 g/mol. The normalized spacial score (nSPS) is 26.6. The molecule has 20 heavy (non-hydrogen) atoms. The van der Waals surface area contributed by atoms with E-state index in [1.54, 1.807) is 0 Å². The van der Waals surface area contributed by atoms with Gasteiger partial charge in [-0.25, -0.2) is 0 Å². The van der Waals surface area contributed by atoms with E-state index < -0.39 is 0 Å². The molecule has 0 amide bonds. The van der Waals surface area contributed by atoms with E-state index >= 15 is 0 Å². The van der Waals surface area contributed by atoms with Crippen LogP contribution in [0.2, 0.25) is 0 Å². The average Bonchev–Trinajstić information content (AvgIpc) is 2.76. The molecule has 0 saturated carbocycles. The van der Waals surface area contributed by atoms with Crippen LogP contribution in [0, 0.1) is 5.92 Å². The Morgan fingerprint density at radius 3 is 2.75 bits per heavy atom. The smallest absolute Gasteiger partial charge is 0.302 e. The summed E-state index contributed by atoms with van der Waals surface area (Å²) in [7, 11) is 0. The summed E-state index contributed by atoms with van der Waals surface area (Å²) in [5.74, 6) is 0.271. The van der Waals surface area contributed by atoms with Crippen molar-refractivity contribution in [2.24, 2.45) is 5.92 Å². The van der Waals surface area contributed by atoms with E-state index in [4.69, 9.17) is 9.47 Å². The van der Waals surface area contributed by atoms with E-state index in [0.29, 0.717) is 18.9 Å². The summed E-state index contributed by atoms with van der Waals surface area (Å²) in [5.41, 5.74) is 1.24. The van der Waals surface area contributed by atoms with Crippen LogP contribution in [0.1, 0.15) is 52.9 Å². The molecule has 3 atom stereocenters. The summed E-state index contributed by atoms with van der Waals surface area (Å²) in [6.45, 7) is 6.19. The fourth-order valence-corrected chi connectivity index (χ4v) is 2.68. The monoisotopic (exact) mass is 282 g/mol. The van der Waals surface area contributed by atoms with Crippen LogP contribution in [-0.4, -0.2) is 31.1 Å². The number of carbonyl (C=O) groups excluding carboxylic acids is 2. The van der Waals surface area contributed by atoms with Gasteiger partial charge in [0.25, 0.3) is 0 Å². The van der Waals surface area contributed by atoms with Gasteiger partial charge in [-0.2, -0.15) is 0 Å². The fraction of sp³-hybridized carbons (Fsp3) is 0.750. The molecule has 4 nitrogen and oxygen atoms in total. The number of unbranched alkanes of at least 4 members (excludes halogenated alkanes) is 1. The highest BCUT2D eigenvalue weighted by molar-refractivity contribution is 5.65. The molecule has 1 aliphatic rings. The molecule has 0 aromatic heterocycles. The first-order chi connectivity index (χ1) is 9.54. The summed E-state index contributed by atoms with van der Waals surface area (Å²) < 4.78 is 10.9. The van der Waals surface area contributed by atoms with Crippen molar-refractivity contribution >= 4 is 12.3 Å². The van der Waals surface area contributed by atoms with Gasteiger partial charge in [0, 0.05) is 13.3 Å². The standard InChI is InChI=1S/C16H26O4/c1-12(7-4-5-10-19-14(3)18)16-13(2)11-15(20-16)8-6-9-17/h7,9,13,15-16H,4-6,8,10-11H2,1-3H3/b12-7+/t13-,15-,16+/m1/s1. The van der Waals surface area contributed by atoms with Crippen molar-refractivity contribution in [2.75, 3.05) is 6.61 Å². The summed E-state index contributed by atoms with van der Waals surface area (Å²) in [5, 5.41) is 0. The zero-order valence-electron chi connectivity index (χ0n) is 12.8. The van der Waals surface area contributed by atoms with Gasteiger partial charge in [-0.3, -0.25) is 4.79 Å². The van der Waals surface area contributed by atoms with Gasteiger partial charge < -0.3 is 14.3 Å². The first kappa shape index (κ1) is 16.9. The third kappa shape index (κ3) is 5.87. The number of carbonyl (C=O) groups is 2. The minimum Gasteiger partial charge on any atom is -0.466 e. The minimum atomic E-state index is -0.225. The molecule has 0 spiro atoms. The molecule has 1 fully saturated rings. The van der Waals surface area contributed by atoms with Crippen molar-refractivity contribution in [3.8, 4) is 0 Å². The van der Waals surface area contributed by atoms with Crippen LogP contribution in [0.4, 0.5) is 0 Å². The summed E-state index contributed by atoms with van der Waals surface area (Å²) in [6, 6.07) is 0. The molecule has 1 saturated heterocycles. The molecule has 114 valence electrons. The van der Waals surface area contributed by atoms with Gasteiger partial charge in [0.05, 0.1) is 18.8 Å². The highest BCUT2D eigenvalue weighted by Gasteiger charge is 2.32. The molecule has 0 unspecified atom stereocenters. The number of ether oxygens (including phenoxy) is 2. The second-order valence-electron chi connectivity index (χ2n) is 5.57. The van der Waals surface area contributed by atoms with Crippen LogP contribution in [0.5, 0.6) is 0 Å². The number of aldehydes is 1. The van der Waals surface area contributed by atoms with Crippen molar-refractivity contribution in [2.45, 2.75) is 65.1 Å². The van der Waals surface area contributed by atoms with E-state index in [2.05, 4.69) is 19.9 Å². The Morgan fingerprint density at radius 1 is 1.35 bits per heavy atom. The van der Waals surface area contributed by atoms with Gasteiger partial charge in [0.15, 0.2) is 0 Å². The van der Waals surface area contributed by atoms with Gasteiger partial charge in [0.2, 0.25) is 0 Å². The maximum absolute atomic E-state index is 10.6. The lowest BCUT2D eigenvalue weighted by Crippen LogP contribution is -2.16. The van der Waals surface area contributed by atoms with E-state index in [9.17, 15) is 9.59 Å². The van der Waals surface area contributed by atoms with Crippen LogP contribution in [0.3, 0.4) is 0 Å². The Bertz CT molecular complexity index is 348. The zero-order valence-corrected chi connectivity index (χ0v) is 12.8. The second-order valence-corrected chi connectivity index (χ2v) is 5.57. The van der Waals surface area contributed by atoms with Crippen molar-refractivity contribution in [3.63, 3.8) is 0 Å². The summed E-state index contributed by atoms with van der Waals surface area (Å²) >= 11 is 0. The van der Waals surface area contributed by atoms with Crippen LogP contribution >= 0.6 is 0 Å². The predicted octanol–water partition coefficient (Wildman–Crippen LogP) is 3.05. The van der Waals surface area contributed by atoms with Crippen LogP contribution in [-0.2, 0) is 19.1 Å². The molecule has 0 aromatic carbocycles. The van der Waals surface area contributed by atoms with E-state index in [1.807, 2.05) is 0 Å². The van der Waals surface area contributed by atoms with E-state index in [1.165, 1.54) is 12.5 Å². The quantitative estimate of drug-likeness (QED) is 0.297. The van der Waals surface area contributed by atoms with Crippen molar-refractivity contribution in [1.29, 1.82) is 0 Å². The number of hydrogen-bond acceptors (Lipinski definition) is 4. The maximum atomic E-state index is 10.6. The fourth-order valence-electron chi connectivity index (χ4n) is 2.68.